The zero-order chi connectivity index (χ0) is 5.82. The SMILES string of the molecule is BrCCC1C=CC=C1. The van der Waals surface area contributed by atoms with Gasteiger partial charge < -0.3 is 0 Å². The van der Waals surface area contributed by atoms with E-state index in [1.807, 2.05) is 0 Å². The Bertz CT molecular complexity index is 102. The van der Waals surface area contributed by atoms with Gasteiger partial charge in [-0.3, -0.25) is 0 Å². The van der Waals surface area contributed by atoms with Crippen LogP contribution in [0.2, 0.25) is 0 Å². The quantitative estimate of drug-likeness (QED) is 0.563. The molecule has 1 aliphatic rings. The number of rotatable bonds is 2. The van der Waals surface area contributed by atoms with Crippen molar-refractivity contribution in [3.8, 4) is 0 Å². The van der Waals surface area contributed by atoms with Gasteiger partial charge >= 0.3 is 0 Å². The van der Waals surface area contributed by atoms with Gasteiger partial charge in [-0.25, -0.2) is 0 Å². The van der Waals surface area contributed by atoms with E-state index in [9.17, 15) is 0 Å². The zero-order valence-corrected chi connectivity index (χ0v) is 6.26. The minimum atomic E-state index is 0.703. The molecule has 0 heterocycles. The number of hydrogen-bond donors (Lipinski definition) is 0. The van der Waals surface area contributed by atoms with Crippen LogP contribution in [0.15, 0.2) is 24.3 Å². The van der Waals surface area contributed by atoms with Crippen LogP contribution in [-0.4, -0.2) is 5.33 Å². The molecule has 0 N–H and O–H groups in total. The van der Waals surface area contributed by atoms with Crippen LogP contribution >= 0.6 is 15.9 Å². The van der Waals surface area contributed by atoms with Gasteiger partial charge in [-0.1, -0.05) is 40.2 Å². The van der Waals surface area contributed by atoms with Gasteiger partial charge in [0.2, 0.25) is 0 Å². The second kappa shape index (κ2) is 3.08. The summed E-state index contributed by atoms with van der Waals surface area (Å²) in [5.41, 5.74) is 0. The van der Waals surface area contributed by atoms with E-state index in [-0.39, 0.29) is 0 Å². The Hall–Kier alpha value is -0.0400. The molecule has 0 aromatic rings. The van der Waals surface area contributed by atoms with E-state index in [2.05, 4.69) is 40.2 Å². The smallest absolute Gasteiger partial charge is 0.00398 e. The molecule has 1 heteroatoms. The van der Waals surface area contributed by atoms with Crippen LogP contribution in [-0.2, 0) is 0 Å². The molecule has 0 aromatic carbocycles. The molecule has 1 aliphatic carbocycles. The highest BCUT2D eigenvalue weighted by molar-refractivity contribution is 9.09. The van der Waals surface area contributed by atoms with Crippen LogP contribution in [0, 0.1) is 5.92 Å². The van der Waals surface area contributed by atoms with Gasteiger partial charge in [0.25, 0.3) is 0 Å². The van der Waals surface area contributed by atoms with Crippen LogP contribution in [0.1, 0.15) is 6.42 Å². The molecule has 0 bridgehead atoms. The Morgan fingerprint density at radius 3 is 2.38 bits per heavy atom. The number of allylic oxidation sites excluding steroid dienone is 4. The lowest BCUT2D eigenvalue weighted by atomic mass is 10.1. The molecular formula is C7H9Br. The third-order valence-electron chi connectivity index (χ3n) is 1.27. The van der Waals surface area contributed by atoms with Gasteiger partial charge in [0, 0.05) is 5.33 Å². The van der Waals surface area contributed by atoms with Crippen molar-refractivity contribution in [3.63, 3.8) is 0 Å². The molecule has 44 valence electrons. The highest BCUT2D eigenvalue weighted by atomic mass is 79.9. The molecule has 0 unspecified atom stereocenters. The summed E-state index contributed by atoms with van der Waals surface area (Å²) in [4.78, 5) is 0. The van der Waals surface area contributed by atoms with Crippen molar-refractivity contribution < 1.29 is 0 Å². The lowest BCUT2D eigenvalue weighted by molar-refractivity contribution is 0.798. The maximum Gasteiger partial charge on any atom is 0.00398 e. The minimum Gasteiger partial charge on any atom is -0.0928 e. The van der Waals surface area contributed by atoms with E-state index >= 15 is 0 Å². The molecule has 0 amide bonds. The van der Waals surface area contributed by atoms with Gasteiger partial charge in [0.05, 0.1) is 0 Å². The monoisotopic (exact) mass is 172 g/mol. The molecular weight excluding hydrogens is 164 g/mol. The van der Waals surface area contributed by atoms with Crippen molar-refractivity contribution >= 4 is 15.9 Å². The zero-order valence-electron chi connectivity index (χ0n) is 4.68. The lowest BCUT2D eigenvalue weighted by Gasteiger charge is -1.97. The maximum atomic E-state index is 3.39. The molecule has 0 atom stereocenters. The second-order valence-corrected chi connectivity index (χ2v) is 2.70. The van der Waals surface area contributed by atoms with Crippen molar-refractivity contribution in [1.82, 2.24) is 0 Å². The summed E-state index contributed by atoms with van der Waals surface area (Å²) >= 11 is 3.39. The summed E-state index contributed by atoms with van der Waals surface area (Å²) in [5.74, 6) is 0.703. The van der Waals surface area contributed by atoms with Gasteiger partial charge in [0.15, 0.2) is 0 Å². The molecule has 0 aliphatic heterocycles. The summed E-state index contributed by atoms with van der Waals surface area (Å²) < 4.78 is 0. The molecule has 1 rings (SSSR count). The van der Waals surface area contributed by atoms with Gasteiger partial charge in [-0.2, -0.15) is 0 Å². The molecule has 0 saturated heterocycles. The Kier molecular flexibility index (Phi) is 2.34. The minimum absolute atomic E-state index is 0.703. The Labute approximate surface area is 58.4 Å². The van der Waals surface area contributed by atoms with E-state index in [0.717, 1.165) is 5.33 Å². The summed E-state index contributed by atoms with van der Waals surface area (Å²) in [6.07, 6.45) is 9.89. The summed E-state index contributed by atoms with van der Waals surface area (Å²) in [6, 6.07) is 0. The Balaban J connectivity index is 2.27. The highest BCUT2D eigenvalue weighted by Gasteiger charge is 1.99. The van der Waals surface area contributed by atoms with Crippen molar-refractivity contribution in [3.05, 3.63) is 24.3 Å². The fourth-order valence-electron chi connectivity index (χ4n) is 0.796. The average molecular weight is 173 g/mol. The maximum absolute atomic E-state index is 3.39. The molecule has 0 fully saturated rings. The first-order valence-corrected chi connectivity index (χ1v) is 3.96. The topological polar surface area (TPSA) is 0 Å². The van der Waals surface area contributed by atoms with E-state index in [1.54, 1.807) is 0 Å². The van der Waals surface area contributed by atoms with Gasteiger partial charge in [-0.15, -0.1) is 0 Å². The van der Waals surface area contributed by atoms with Crippen LogP contribution < -0.4 is 0 Å². The van der Waals surface area contributed by atoms with Crippen molar-refractivity contribution in [1.29, 1.82) is 0 Å². The molecule has 0 aromatic heterocycles. The largest absolute Gasteiger partial charge is 0.0928 e. The molecule has 0 spiro atoms. The highest BCUT2D eigenvalue weighted by Crippen LogP contribution is 2.13. The summed E-state index contributed by atoms with van der Waals surface area (Å²) in [7, 11) is 0. The van der Waals surface area contributed by atoms with E-state index < -0.39 is 0 Å². The Morgan fingerprint density at radius 1 is 1.25 bits per heavy atom. The van der Waals surface area contributed by atoms with Crippen LogP contribution in [0.25, 0.3) is 0 Å². The number of alkyl halides is 1. The number of hydrogen-bond acceptors (Lipinski definition) is 0. The third kappa shape index (κ3) is 1.48. The van der Waals surface area contributed by atoms with Gasteiger partial charge in [0.1, 0.15) is 0 Å². The van der Waals surface area contributed by atoms with Crippen LogP contribution in [0.4, 0.5) is 0 Å². The third-order valence-corrected chi connectivity index (χ3v) is 1.73. The fourth-order valence-corrected chi connectivity index (χ4v) is 1.32. The predicted octanol–water partition coefficient (Wildman–Crippen LogP) is 2.51. The first-order valence-electron chi connectivity index (χ1n) is 2.84. The number of halogens is 1. The van der Waals surface area contributed by atoms with Crippen LogP contribution in [0.3, 0.4) is 0 Å². The normalized spacial score (nSPS) is 18.1. The molecule has 0 saturated carbocycles. The van der Waals surface area contributed by atoms with Gasteiger partial charge in [-0.05, 0) is 12.3 Å². The summed E-state index contributed by atoms with van der Waals surface area (Å²) in [6.45, 7) is 0. The molecule has 0 radical (unpaired) electrons. The standard InChI is InChI=1S/C7H9Br/c8-6-5-7-3-1-2-4-7/h1-4,7H,5-6H2. The van der Waals surface area contributed by atoms with E-state index in [0.29, 0.717) is 5.92 Å². The first-order chi connectivity index (χ1) is 3.93. The van der Waals surface area contributed by atoms with Crippen molar-refractivity contribution in [2.75, 3.05) is 5.33 Å². The first kappa shape index (κ1) is 6.09. The average Bonchev–Trinajstić information content (AvgIpc) is 2.19. The van der Waals surface area contributed by atoms with Crippen LogP contribution in [0.5, 0.6) is 0 Å². The lowest BCUT2D eigenvalue weighted by Crippen LogP contribution is -1.87. The van der Waals surface area contributed by atoms with E-state index in [1.165, 1.54) is 6.42 Å². The summed E-state index contributed by atoms with van der Waals surface area (Å²) in [5, 5.41) is 1.10. The van der Waals surface area contributed by atoms with Crippen molar-refractivity contribution in [2.45, 2.75) is 6.42 Å². The molecule has 8 heavy (non-hydrogen) atoms. The van der Waals surface area contributed by atoms with E-state index in [4.69, 9.17) is 0 Å². The Morgan fingerprint density at radius 2 is 1.88 bits per heavy atom. The van der Waals surface area contributed by atoms with Crippen molar-refractivity contribution in [2.24, 2.45) is 5.92 Å². The molecule has 0 nitrogen and oxygen atoms in total. The second-order valence-electron chi connectivity index (χ2n) is 1.91. The fraction of sp³-hybridized carbons (Fsp3) is 0.429. The predicted molar refractivity (Wildman–Crippen MR) is 40.2 cm³/mol.